The van der Waals surface area contributed by atoms with Crippen LogP contribution in [0.15, 0.2) is 36.5 Å². The van der Waals surface area contributed by atoms with Crippen molar-refractivity contribution in [3.8, 4) is 17.0 Å². The van der Waals surface area contributed by atoms with Gasteiger partial charge in [0, 0.05) is 30.2 Å². The maximum Gasteiger partial charge on any atom is 0.407 e. The molecular formula is C16H15N3O4. The molecule has 1 amide bonds. The van der Waals surface area contributed by atoms with E-state index in [1.807, 2.05) is 6.07 Å². The summed E-state index contributed by atoms with van der Waals surface area (Å²) < 4.78 is 5.80. The molecule has 0 saturated carbocycles. The lowest BCUT2D eigenvalue weighted by Crippen LogP contribution is -2.29. The van der Waals surface area contributed by atoms with E-state index in [2.05, 4.69) is 10.2 Å². The van der Waals surface area contributed by atoms with Gasteiger partial charge in [-0.3, -0.25) is 4.79 Å². The van der Waals surface area contributed by atoms with Gasteiger partial charge in [0.2, 0.25) is 0 Å². The molecule has 7 heteroatoms. The van der Waals surface area contributed by atoms with E-state index >= 15 is 0 Å². The van der Waals surface area contributed by atoms with Crippen molar-refractivity contribution >= 4 is 12.4 Å². The molecule has 2 aromatic rings. The summed E-state index contributed by atoms with van der Waals surface area (Å²) in [7, 11) is 0. The summed E-state index contributed by atoms with van der Waals surface area (Å²) >= 11 is 0. The Labute approximate surface area is 132 Å². The van der Waals surface area contributed by atoms with Crippen molar-refractivity contribution in [3.63, 3.8) is 0 Å². The van der Waals surface area contributed by atoms with Crippen LogP contribution in [-0.2, 0) is 0 Å². The molecule has 2 heterocycles. The lowest BCUT2D eigenvalue weighted by Gasteiger charge is -2.14. The number of nitrogens with zero attached hydrogens (tertiary/aromatic N) is 3. The van der Waals surface area contributed by atoms with Crippen molar-refractivity contribution in [2.45, 2.75) is 12.5 Å². The quantitative estimate of drug-likeness (QED) is 0.869. The van der Waals surface area contributed by atoms with Crippen molar-refractivity contribution in [1.82, 2.24) is 15.1 Å². The van der Waals surface area contributed by atoms with E-state index in [4.69, 9.17) is 9.84 Å². The fourth-order valence-corrected chi connectivity index (χ4v) is 2.52. The third-order valence-corrected chi connectivity index (χ3v) is 3.67. The van der Waals surface area contributed by atoms with Gasteiger partial charge in [-0.2, -0.15) is 10.2 Å². The van der Waals surface area contributed by atoms with Gasteiger partial charge in [-0.1, -0.05) is 18.2 Å². The summed E-state index contributed by atoms with van der Waals surface area (Å²) in [5.41, 5.74) is 1.92. The molecule has 3 rings (SSSR count). The Morgan fingerprint density at radius 2 is 2.26 bits per heavy atom. The first-order valence-electron chi connectivity index (χ1n) is 7.18. The van der Waals surface area contributed by atoms with Crippen LogP contribution in [0.2, 0.25) is 0 Å². The van der Waals surface area contributed by atoms with Crippen molar-refractivity contribution in [2.24, 2.45) is 0 Å². The van der Waals surface area contributed by atoms with E-state index in [9.17, 15) is 9.59 Å². The number of carboxylic acid groups (broad SMARTS) is 1. The number of amides is 1. The number of benzene rings is 1. The zero-order chi connectivity index (χ0) is 16.2. The SMILES string of the molecule is O=Cc1cccc(-c2cc(OC3CCN(C(=O)O)C3)cnn2)c1. The maximum atomic E-state index is 10.9. The average Bonchev–Trinajstić information content (AvgIpc) is 3.04. The second-order valence-corrected chi connectivity index (χ2v) is 5.28. The van der Waals surface area contributed by atoms with E-state index in [1.165, 1.54) is 11.1 Å². The third-order valence-electron chi connectivity index (χ3n) is 3.67. The highest BCUT2D eigenvalue weighted by molar-refractivity contribution is 5.78. The van der Waals surface area contributed by atoms with Crippen LogP contribution in [0, 0.1) is 0 Å². The highest BCUT2D eigenvalue weighted by Gasteiger charge is 2.27. The molecule has 0 spiro atoms. The molecule has 1 aromatic carbocycles. The van der Waals surface area contributed by atoms with Gasteiger partial charge < -0.3 is 14.7 Å². The van der Waals surface area contributed by atoms with Crippen molar-refractivity contribution in [3.05, 3.63) is 42.1 Å². The number of hydrogen-bond donors (Lipinski definition) is 1. The van der Waals surface area contributed by atoms with Crippen LogP contribution >= 0.6 is 0 Å². The maximum absolute atomic E-state index is 10.9. The summed E-state index contributed by atoms with van der Waals surface area (Å²) in [5, 5.41) is 16.9. The molecular weight excluding hydrogens is 298 g/mol. The van der Waals surface area contributed by atoms with Crippen molar-refractivity contribution < 1.29 is 19.4 Å². The fraction of sp³-hybridized carbons (Fsp3) is 0.250. The van der Waals surface area contributed by atoms with Crippen LogP contribution in [0.1, 0.15) is 16.8 Å². The Morgan fingerprint density at radius 1 is 1.39 bits per heavy atom. The van der Waals surface area contributed by atoms with Gasteiger partial charge in [0.05, 0.1) is 18.4 Å². The predicted octanol–water partition coefficient (Wildman–Crippen LogP) is 2.09. The Bertz CT molecular complexity index is 735. The average molecular weight is 313 g/mol. The standard InChI is InChI=1S/C16H15N3O4/c20-10-11-2-1-3-12(6-11)15-7-14(8-17-18-15)23-13-4-5-19(9-13)16(21)22/h1-3,6-8,10,13H,4-5,9H2,(H,21,22). The molecule has 1 fully saturated rings. The molecule has 1 aliphatic heterocycles. The highest BCUT2D eigenvalue weighted by Crippen LogP contribution is 2.23. The van der Waals surface area contributed by atoms with Crippen LogP contribution in [0.3, 0.4) is 0 Å². The minimum absolute atomic E-state index is 0.190. The Hall–Kier alpha value is -2.96. The molecule has 23 heavy (non-hydrogen) atoms. The molecule has 118 valence electrons. The number of aldehydes is 1. The molecule has 1 aromatic heterocycles. The van der Waals surface area contributed by atoms with Gasteiger partial charge in [0.15, 0.2) is 0 Å². The number of carbonyl (C=O) groups is 2. The van der Waals surface area contributed by atoms with E-state index in [-0.39, 0.29) is 6.10 Å². The first-order chi connectivity index (χ1) is 11.2. The van der Waals surface area contributed by atoms with E-state index < -0.39 is 6.09 Å². The molecule has 0 aliphatic carbocycles. The zero-order valence-electron chi connectivity index (χ0n) is 12.3. The summed E-state index contributed by atoms with van der Waals surface area (Å²) in [4.78, 5) is 23.1. The molecule has 0 bridgehead atoms. The summed E-state index contributed by atoms with van der Waals surface area (Å²) in [5.74, 6) is 0.531. The Balaban J connectivity index is 1.75. The van der Waals surface area contributed by atoms with Gasteiger partial charge in [0.1, 0.15) is 18.1 Å². The summed E-state index contributed by atoms with van der Waals surface area (Å²) in [6, 6.07) is 8.78. The largest absolute Gasteiger partial charge is 0.487 e. The lowest BCUT2D eigenvalue weighted by molar-refractivity contribution is 0.112. The van der Waals surface area contributed by atoms with Crippen LogP contribution in [0.25, 0.3) is 11.3 Å². The predicted molar refractivity (Wildman–Crippen MR) is 81.5 cm³/mol. The number of aromatic nitrogens is 2. The van der Waals surface area contributed by atoms with Gasteiger partial charge in [-0.05, 0) is 6.07 Å². The smallest absolute Gasteiger partial charge is 0.407 e. The first-order valence-corrected chi connectivity index (χ1v) is 7.18. The Kier molecular flexibility index (Phi) is 4.18. The second-order valence-electron chi connectivity index (χ2n) is 5.28. The monoisotopic (exact) mass is 313 g/mol. The number of hydrogen-bond acceptors (Lipinski definition) is 5. The van der Waals surface area contributed by atoms with Crippen LogP contribution < -0.4 is 4.74 Å². The van der Waals surface area contributed by atoms with Gasteiger partial charge in [-0.25, -0.2) is 4.79 Å². The van der Waals surface area contributed by atoms with Crippen LogP contribution in [0.5, 0.6) is 5.75 Å². The fourth-order valence-electron chi connectivity index (χ4n) is 2.52. The van der Waals surface area contributed by atoms with Crippen molar-refractivity contribution in [1.29, 1.82) is 0 Å². The van der Waals surface area contributed by atoms with E-state index in [1.54, 1.807) is 24.3 Å². The van der Waals surface area contributed by atoms with Crippen LogP contribution in [-0.4, -0.2) is 51.8 Å². The third kappa shape index (κ3) is 3.45. The first kappa shape index (κ1) is 15.0. The number of likely N-dealkylation sites (tertiary alicyclic amines) is 1. The molecule has 1 aliphatic rings. The normalized spacial score (nSPS) is 17.0. The van der Waals surface area contributed by atoms with E-state index in [0.717, 1.165) is 11.8 Å². The van der Waals surface area contributed by atoms with E-state index in [0.29, 0.717) is 36.5 Å². The zero-order valence-corrected chi connectivity index (χ0v) is 12.3. The summed E-state index contributed by atoms with van der Waals surface area (Å²) in [6.45, 7) is 0.806. The number of rotatable bonds is 4. The van der Waals surface area contributed by atoms with Gasteiger partial charge in [-0.15, -0.1) is 0 Å². The minimum Gasteiger partial charge on any atom is -0.487 e. The Morgan fingerprint density at radius 3 is 3.00 bits per heavy atom. The van der Waals surface area contributed by atoms with Gasteiger partial charge >= 0.3 is 6.09 Å². The van der Waals surface area contributed by atoms with Crippen LogP contribution in [0.4, 0.5) is 4.79 Å². The van der Waals surface area contributed by atoms with Gasteiger partial charge in [0.25, 0.3) is 0 Å². The summed E-state index contributed by atoms with van der Waals surface area (Å²) in [6.07, 6.45) is 1.79. The van der Waals surface area contributed by atoms with Crippen molar-refractivity contribution in [2.75, 3.05) is 13.1 Å². The second kappa shape index (κ2) is 6.43. The molecule has 1 N–H and O–H groups in total. The molecule has 0 radical (unpaired) electrons. The molecule has 1 atom stereocenters. The highest BCUT2D eigenvalue weighted by atomic mass is 16.5. The minimum atomic E-state index is -0.935. The molecule has 1 saturated heterocycles. The topological polar surface area (TPSA) is 92.6 Å². The molecule has 1 unspecified atom stereocenters. The lowest BCUT2D eigenvalue weighted by atomic mass is 10.1. The number of carbonyl (C=O) groups excluding carboxylic acids is 1. The number of ether oxygens (including phenoxy) is 1. The molecule has 7 nitrogen and oxygen atoms in total.